The van der Waals surface area contributed by atoms with Crippen molar-refractivity contribution in [2.45, 2.75) is 19.6 Å². The van der Waals surface area contributed by atoms with Crippen LogP contribution in [0.1, 0.15) is 12.6 Å². The number of halogens is 3. The number of nitrogens with one attached hydrogen (secondary N) is 1. The lowest BCUT2D eigenvalue weighted by atomic mass is 10.1. The molecule has 28 heavy (non-hydrogen) atoms. The number of rotatable bonds is 3. The Bertz CT molecular complexity index is 1200. The van der Waals surface area contributed by atoms with E-state index in [1.54, 1.807) is 6.20 Å². The number of pyridine rings is 2. The number of nitrogens with zero attached hydrogens (tertiary/aromatic N) is 5. The van der Waals surface area contributed by atoms with Gasteiger partial charge in [-0.1, -0.05) is 0 Å². The first-order valence-electron chi connectivity index (χ1n) is 8.31. The first-order chi connectivity index (χ1) is 13.4. The van der Waals surface area contributed by atoms with Gasteiger partial charge < -0.3 is 0 Å². The van der Waals surface area contributed by atoms with Crippen LogP contribution in [0.4, 0.5) is 13.2 Å². The molecular weight excluding hydrogens is 373 g/mol. The van der Waals surface area contributed by atoms with Crippen LogP contribution in [0.2, 0.25) is 0 Å². The van der Waals surface area contributed by atoms with Gasteiger partial charge in [0.05, 0.1) is 23.6 Å². The zero-order valence-corrected chi connectivity index (χ0v) is 14.5. The number of aromatic amines is 1. The summed E-state index contributed by atoms with van der Waals surface area (Å²) in [4.78, 5) is 25.1. The van der Waals surface area contributed by atoms with E-state index in [1.807, 2.05) is 6.92 Å². The Morgan fingerprint density at radius 1 is 1.14 bits per heavy atom. The second kappa shape index (κ2) is 6.55. The molecule has 0 saturated carbocycles. The predicted molar refractivity (Wildman–Crippen MR) is 95.3 cm³/mol. The molecule has 4 aromatic rings. The van der Waals surface area contributed by atoms with Gasteiger partial charge in [-0.2, -0.15) is 18.3 Å². The molecule has 10 heteroatoms. The average molecular weight is 386 g/mol. The maximum atomic E-state index is 12.8. The smallest absolute Gasteiger partial charge is 0.299 e. The number of fused-ring (bicyclic) bond motifs is 1. The second-order valence-electron chi connectivity index (χ2n) is 6.00. The molecule has 4 heterocycles. The van der Waals surface area contributed by atoms with Crippen molar-refractivity contribution in [3.8, 4) is 22.5 Å². The predicted octanol–water partition coefficient (Wildman–Crippen LogP) is 3.28. The van der Waals surface area contributed by atoms with E-state index in [-0.39, 0.29) is 5.56 Å². The van der Waals surface area contributed by atoms with Crippen molar-refractivity contribution in [1.29, 1.82) is 0 Å². The molecule has 0 saturated heterocycles. The van der Waals surface area contributed by atoms with E-state index >= 15 is 0 Å². The molecule has 0 aliphatic rings. The quantitative estimate of drug-likeness (QED) is 0.584. The minimum atomic E-state index is -4.53. The van der Waals surface area contributed by atoms with E-state index in [0.717, 1.165) is 12.3 Å². The van der Waals surface area contributed by atoms with Crippen molar-refractivity contribution >= 4 is 10.9 Å². The molecule has 0 bridgehead atoms. The van der Waals surface area contributed by atoms with Crippen molar-refractivity contribution < 1.29 is 13.2 Å². The molecule has 7 nitrogen and oxygen atoms in total. The number of aryl methyl sites for hydroxylation is 1. The maximum absolute atomic E-state index is 12.8. The van der Waals surface area contributed by atoms with Crippen LogP contribution in [0.15, 0.2) is 47.9 Å². The highest BCUT2D eigenvalue weighted by Crippen LogP contribution is 2.31. The fourth-order valence-corrected chi connectivity index (χ4v) is 2.83. The minimum absolute atomic E-state index is 0.263. The topological polar surface area (TPSA) is 89.3 Å². The van der Waals surface area contributed by atoms with Gasteiger partial charge >= 0.3 is 6.18 Å². The number of H-pyrrole nitrogens is 1. The number of hydrogen-bond donors (Lipinski definition) is 1. The van der Waals surface area contributed by atoms with E-state index < -0.39 is 11.9 Å². The largest absolute Gasteiger partial charge is 0.433 e. The third-order valence-corrected chi connectivity index (χ3v) is 4.27. The Kier molecular flexibility index (Phi) is 4.17. The Morgan fingerprint density at radius 3 is 2.57 bits per heavy atom. The highest BCUT2D eigenvalue weighted by atomic mass is 19.4. The lowest BCUT2D eigenvalue weighted by molar-refractivity contribution is -0.141. The van der Waals surface area contributed by atoms with Crippen LogP contribution < -0.4 is 5.56 Å². The summed E-state index contributed by atoms with van der Waals surface area (Å²) in [5.41, 5.74) is 0.806. The van der Waals surface area contributed by atoms with Gasteiger partial charge in [0.2, 0.25) is 0 Å². The second-order valence-corrected chi connectivity index (χ2v) is 6.00. The van der Waals surface area contributed by atoms with Crippen LogP contribution in [0, 0.1) is 0 Å². The van der Waals surface area contributed by atoms with Crippen molar-refractivity contribution in [2.75, 3.05) is 0 Å². The van der Waals surface area contributed by atoms with Crippen LogP contribution in [0.25, 0.3) is 33.4 Å². The highest BCUT2D eigenvalue weighted by Gasteiger charge is 2.32. The van der Waals surface area contributed by atoms with Gasteiger partial charge in [-0.3, -0.25) is 19.4 Å². The Morgan fingerprint density at radius 2 is 1.96 bits per heavy atom. The summed E-state index contributed by atoms with van der Waals surface area (Å²) in [6.45, 7) is 2.25. The molecule has 0 amide bonds. The fraction of sp³-hybridized carbons (Fsp3) is 0.167. The van der Waals surface area contributed by atoms with Crippen molar-refractivity contribution in [3.05, 3.63) is 59.2 Å². The molecule has 0 aliphatic heterocycles. The van der Waals surface area contributed by atoms with E-state index in [0.29, 0.717) is 40.0 Å². The van der Waals surface area contributed by atoms with Gasteiger partial charge in [0, 0.05) is 30.1 Å². The maximum Gasteiger partial charge on any atom is 0.433 e. The summed E-state index contributed by atoms with van der Waals surface area (Å²) in [5, 5.41) is 6.87. The third kappa shape index (κ3) is 3.02. The number of aromatic nitrogens is 6. The van der Waals surface area contributed by atoms with Crippen LogP contribution in [-0.4, -0.2) is 29.7 Å². The molecule has 4 aromatic heterocycles. The monoisotopic (exact) mass is 386 g/mol. The molecule has 4 rings (SSSR count). The van der Waals surface area contributed by atoms with Gasteiger partial charge in [-0.25, -0.2) is 9.97 Å². The Labute approximate surface area is 155 Å². The highest BCUT2D eigenvalue weighted by molar-refractivity contribution is 5.93. The minimum Gasteiger partial charge on any atom is -0.299 e. The lowest BCUT2D eigenvalue weighted by Crippen LogP contribution is -2.20. The summed E-state index contributed by atoms with van der Waals surface area (Å²) < 4.78 is 39.8. The van der Waals surface area contributed by atoms with Crippen LogP contribution >= 0.6 is 0 Å². The summed E-state index contributed by atoms with van der Waals surface area (Å²) >= 11 is 0. The van der Waals surface area contributed by atoms with Gasteiger partial charge in [0.15, 0.2) is 0 Å². The first kappa shape index (κ1) is 17.8. The SMILES string of the molecule is CCn1cnc2c(-c3cn[nH]c3)nc(-c3ccc(C(F)(F)F)nc3)cc2c1=O. The Hall–Kier alpha value is -3.56. The molecule has 0 atom stereocenters. The van der Waals surface area contributed by atoms with Gasteiger partial charge in [0.25, 0.3) is 5.56 Å². The normalized spacial score (nSPS) is 11.9. The zero-order chi connectivity index (χ0) is 19.9. The van der Waals surface area contributed by atoms with Gasteiger partial charge in [-0.05, 0) is 25.1 Å². The van der Waals surface area contributed by atoms with Crippen molar-refractivity contribution in [2.24, 2.45) is 0 Å². The number of hydrogen-bond acceptors (Lipinski definition) is 5. The van der Waals surface area contributed by atoms with Crippen LogP contribution in [-0.2, 0) is 12.7 Å². The molecule has 1 N–H and O–H groups in total. The Balaban J connectivity index is 1.96. The summed E-state index contributed by atoms with van der Waals surface area (Å²) in [6, 6.07) is 3.68. The zero-order valence-electron chi connectivity index (χ0n) is 14.5. The van der Waals surface area contributed by atoms with Crippen LogP contribution in [0.5, 0.6) is 0 Å². The molecular formula is C18H13F3N6O. The molecule has 0 aliphatic carbocycles. The van der Waals surface area contributed by atoms with E-state index in [2.05, 4.69) is 25.1 Å². The van der Waals surface area contributed by atoms with E-state index in [1.165, 1.54) is 29.2 Å². The van der Waals surface area contributed by atoms with E-state index in [4.69, 9.17) is 0 Å². The van der Waals surface area contributed by atoms with Gasteiger partial charge in [-0.15, -0.1) is 0 Å². The van der Waals surface area contributed by atoms with E-state index in [9.17, 15) is 18.0 Å². The van der Waals surface area contributed by atoms with Crippen LogP contribution in [0.3, 0.4) is 0 Å². The standard InChI is InChI=1S/C18H13F3N6O/c1-2-27-9-23-16-12(17(27)28)5-13(26-15(16)11-7-24-25-8-11)10-3-4-14(22-6-10)18(19,20)21/h3-9H,2H2,1H3,(H,24,25). The first-order valence-corrected chi connectivity index (χ1v) is 8.31. The summed E-state index contributed by atoms with van der Waals surface area (Å²) in [5.74, 6) is 0. The summed E-state index contributed by atoms with van der Waals surface area (Å²) in [7, 11) is 0. The average Bonchev–Trinajstić information content (AvgIpc) is 3.22. The number of alkyl halides is 3. The van der Waals surface area contributed by atoms with Crippen molar-refractivity contribution in [1.82, 2.24) is 29.7 Å². The third-order valence-electron chi connectivity index (χ3n) is 4.27. The molecule has 0 aromatic carbocycles. The van der Waals surface area contributed by atoms with Gasteiger partial charge in [0.1, 0.15) is 16.9 Å². The van der Waals surface area contributed by atoms with Crippen molar-refractivity contribution in [3.63, 3.8) is 0 Å². The molecule has 142 valence electrons. The molecule has 0 radical (unpaired) electrons. The molecule has 0 unspecified atom stereocenters. The lowest BCUT2D eigenvalue weighted by Gasteiger charge is -2.10. The summed E-state index contributed by atoms with van der Waals surface area (Å²) in [6.07, 6.45) is 1.13. The molecule has 0 spiro atoms. The molecule has 0 fully saturated rings. The fourth-order valence-electron chi connectivity index (χ4n) is 2.83.